The van der Waals surface area contributed by atoms with Crippen molar-refractivity contribution in [3.8, 4) is 6.07 Å². The van der Waals surface area contributed by atoms with Gasteiger partial charge >= 0.3 is 0 Å². The van der Waals surface area contributed by atoms with Crippen molar-refractivity contribution in [1.82, 2.24) is 4.98 Å². The van der Waals surface area contributed by atoms with Gasteiger partial charge in [-0.15, -0.1) is 0 Å². The summed E-state index contributed by atoms with van der Waals surface area (Å²) in [5, 5.41) is 12.8. The van der Waals surface area contributed by atoms with E-state index in [0.717, 1.165) is 17.0 Å². The van der Waals surface area contributed by atoms with Crippen LogP contribution in [-0.2, 0) is 6.42 Å². The lowest BCUT2D eigenvalue weighted by Crippen LogP contribution is -2.07. The Bertz CT molecular complexity index is 575. The fraction of sp³-hybridized carbons (Fsp3) is 0.143. The van der Waals surface area contributed by atoms with Crippen LogP contribution in [0.1, 0.15) is 11.1 Å². The van der Waals surface area contributed by atoms with Crippen LogP contribution in [0.4, 0.5) is 5.82 Å². The number of hydrogen-bond donors (Lipinski definition) is 1. The number of nitrogens with one attached hydrogen (secondary N) is 1. The molecule has 4 heteroatoms. The van der Waals surface area contributed by atoms with Crippen molar-refractivity contribution in [1.29, 1.82) is 5.26 Å². The first-order chi connectivity index (χ1) is 8.79. The van der Waals surface area contributed by atoms with E-state index in [4.69, 9.17) is 16.9 Å². The molecule has 0 spiro atoms. The number of aromatic nitrogens is 1. The maximum Gasteiger partial charge on any atom is 0.143 e. The lowest BCUT2D eigenvalue weighted by molar-refractivity contribution is 1.00. The zero-order chi connectivity index (χ0) is 12.8. The molecule has 1 aromatic heterocycles. The van der Waals surface area contributed by atoms with E-state index in [1.807, 2.05) is 24.3 Å². The van der Waals surface area contributed by atoms with E-state index in [1.54, 1.807) is 18.3 Å². The minimum Gasteiger partial charge on any atom is -0.369 e. The molecular formula is C14H12ClN3. The summed E-state index contributed by atoms with van der Waals surface area (Å²) in [6, 6.07) is 13.3. The zero-order valence-electron chi connectivity index (χ0n) is 9.73. The van der Waals surface area contributed by atoms with E-state index in [9.17, 15) is 0 Å². The Morgan fingerprint density at radius 3 is 2.94 bits per heavy atom. The van der Waals surface area contributed by atoms with Crippen molar-refractivity contribution < 1.29 is 0 Å². The molecule has 0 aliphatic heterocycles. The second-order valence-corrected chi connectivity index (χ2v) is 4.25. The van der Waals surface area contributed by atoms with E-state index in [-0.39, 0.29) is 0 Å². The topological polar surface area (TPSA) is 48.7 Å². The first-order valence-corrected chi connectivity index (χ1v) is 6.01. The number of nitrogens with zero attached hydrogens (tertiary/aromatic N) is 2. The maximum absolute atomic E-state index is 8.92. The lowest BCUT2D eigenvalue weighted by atomic mass is 10.1. The quantitative estimate of drug-likeness (QED) is 0.915. The molecule has 0 aliphatic rings. The average Bonchev–Trinajstić information content (AvgIpc) is 2.39. The fourth-order valence-electron chi connectivity index (χ4n) is 1.65. The Morgan fingerprint density at radius 2 is 2.17 bits per heavy atom. The van der Waals surface area contributed by atoms with Crippen LogP contribution >= 0.6 is 11.6 Å². The van der Waals surface area contributed by atoms with Crippen molar-refractivity contribution in [2.75, 3.05) is 11.9 Å². The molecule has 3 nitrogen and oxygen atoms in total. The number of halogens is 1. The van der Waals surface area contributed by atoms with Crippen LogP contribution in [0.15, 0.2) is 42.6 Å². The summed E-state index contributed by atoms with van der Waals surface area (Å²) >= 11 is 5.91. The predicted octanol–water partition coefficient (Wildman–Crippen LogP) is 3.26. The Hall–Kier alpha value is -2.05. The van der Waals surface area contributed by atoms with Crippen LogP contribution in [0, 0.1) is 11.3 Å². The molecular weight excluding hydrogens is 246 g/mol. The van der Waals surface area contributed by atoms with Gasteiger partial charge in [0.15, 0.2) is 0 Å². The fourth-order valence-corrected chi connectivity index (χ4v) is 1.87. The van der Waals surface area contributed by atoms with Gasteiger partial charge in [0.1, 0.15) is 11.9 Å². The molecule has 0 aliphatic carbocycles. The summed E-state index contributed by atoms with van der Waals surface area (Å²) < 4.78 is 0. The van der Waals surface area contributed by atoms with Gasteiger partial charge in [-0.05, 0) is 36.2 Å². The first-order valence-electron chi connectivity index (χ1n) is 5.63. The van der Waals surface area contributed by atoms with Crippen LogP contribution in [0.3, 0.4) is 0 Å². The molecule has 1 N–H and O–H groups in total. The summed E-state index contributed by atoms with van der Waals surface area (Å²) in [5.41, 5.74) is 1.72. The molecule has 1 aromatic carbocycles. The maximum atomic E-state index is 8.92. The van der Waals surface area contributed by atoms with Gasteiger partial charge in [0, 0.05) is 17.8 Å². The van der Waals surface area contributed by atoms with Crippen molar-refractivity contribution in [2.45, 2.75) is 6.42 Å². The summed E-state index contributed by atoms with van der Waals surface area (Å²) in [6.45, 7) is 0.714. The van der Waals surface area contributed by atoms with E-state index >= 15 is 0 Å². The molecule has 18 heavy (non-hydrogen) atoms. The molecule has 2 aromatic rings. The number of benzene rings is 1. The van der Waals surface area contributed by atoms with Crippen molar-refractivity contribution in [3.63, 3.8) is 0 Å². The van der Waals surface area contributed by atoms with E-state index in [2.05, 4.69) is 16.4 Å². The monoisotopic (exact) mass is 257 g/mol. The summed E-state index contributed by atoms with van der Waals surface area (Å²) in [7, 11) is 0. The van der Waals surface area contributed by atoms with Gasteiger partial charge in [0.25, 0.3) is 0 Å². The molecule has 0 radical (unpaired) electrons. The van der Waals surface area contributed by atoms with E-state index < -0.39 is 0 Å². The third kappa shape index (κ3) is 3.22. The van der Waals surface area contributed by atoms with Crippen molar-refractivity contribution >= 4 is 17.4 Å². The Labute approximate surface area is 111 Å². The molecule has 0 fully saturated rings. The van der Waals surface area contributed by atoms with Crippen LogP contribution in [0.25, 0.3) is 0 Å². The molecule has 0 saturated heterocycles. The molecule has 90 valence electrons. The van der Waals surface area contributed by atoms with E-state index in [0.29, 0.717) is 17.9 Å². The largest absolute Gasteiger partial charge is 0.369 e. The van der Waals surface area contributed by atoms with E-state index in [1.165, 1.54) is 0 Å². The molecule has 2 rings (SSSR count). The summed E-state index contributed by atoms with van der Waals surface area (Å²) in [6.07, 6.45) is 2.50. The highest BCUT2D eigenvalue weighted by Gasteiger charge is 2.01. The summed E-state index contributed by atoms with van der Waals surface area (Å²) in [4.78, 5) is 4.14. The molecule has 0 saturated carbocycles. The second kappa shape index (κ2) is 6.04. The van der Waals surface area contributed by atoms with Gasteiger partial charge in [0.2, 0.25) is 0 Å². The molecule has 1 heterocycles. The third-order valence-corrected chi connectivity index (χ3v) is 2.76. The zero-order valence-corrected chi connectivity index (χ0v) is 10.5. The average molecular weight is 258 g/mol. The number of anilines is 1. The minimum atomic E-state index is 0.559. The van der Waals surface area contributed by atoms with Gasteiger partial charge in [0.05, 0.1) is 5.56 Å². The molecule has 0 amide bonds. The highest BCUT2D eigenvalue weighted by molar-refractivity contribution is 6.30. The minimum absolute atomic E-state index is 0.559. The number of pyridine rings is 1. The van der Waals surface area contributed by atoms with Gasteiger partial charge in [-0.1, -0.05) is 23.7 Å². The number of rotatable bonds is 4. The highest BCUT2D eigenvalue weighted by atomic mass is 35.5. The van der Waals surface area contributed by atoms with Crippen LogP contribution in [-0.4, -0.2) is 11.5 Å². The normalized spacial score (nSPS) is 9.78. The van der Waals surface area contributed by atoms with Crippen LogP contribution < -0.4 is 5.32 Å². The van der Waals surface area contributed by atoms with Gasteiger partial charge in [-0.2, -0.15) is 5.26 Å². The SMILES string of the molecule is N#Cc1cccnc1NCCc1cccc(Cl)c1. The highest BCUT2D eigenvalue weighted by Crippen LogP contribution is 2.12. The van der Waals surface area contributed by atoms with Crippen LogP contribution in [0.2, 0.25) is 5.02 Å². The summed E-state index contributed by atoms with van der Waals surface area (Å²) in [5.74, 6) is 0.627. The van der Waals surface area contributed by atoms with Gasteiger partial charge in [-0.3, -0.25) is 0 Å². The Morgan fingerprint density at radius 1 is 1.28 bits per heavy atom. The molecule has 0 unspecified atom stereocenters. The number of hydrogen-bond acceptors (Lipinski definition) is 3. The lowest BCUT2D eigenvalue weighted by Gasteiger charge is -2.07. The Balaban J connectivity index is 1.95. The molecule has 0 atom stereocenters. The van der Waals surface area contributed by atoms with Crippen molar-refractivity contribution in [2.24, 2.45) is 0 Å². The smallest absolute Gasteiger partial charge is 0.143 e. The van der Waals surface area contributed by atoms with Crippen LogP contribution in [0.5, 0.6) is 0 Å². The number of nitriles is 1. The second-order valence-electron chi connectivity index (χ2n) is 3.82. The van der Waals surface area contributed by atoms with Gasteiger partial charge < -0.3 is 5.32 Å². The standard InChI is InChI=1S/C14H12ClN3/c15-13-5-1-3-11(9-13)6-8-18-14-12(10-16)4-2-7-17-14/h1-5,7,9H,6,8H2,(H,17,18). The first kappa shape index (κ1) is 12.4. The Kier molecular flexibility index (Phi) is 4.16. The van der Waals surface area contributed by atoms with Gasteiger partial charge in [-0.25, -0.2) is 4.98 Å². The van der Waals surface area contributed by atoms with Crippen molar-refractivity contribution in [3.05, 3.63) is 58.7 Å². The predicted molar refractivity (Wildman–Crippen MR) is 72.6 cm³/mol. The molecule has 0 bridgehead atoms. The third-order valence-electron chi connectivity index (χ3n) is 2.52.